The number of nitrogens with two attached hydrogens (primary N) is 1. The molecule has 6 nitrogen and oxygen atoms in total. The van der Waals surface area contributed by atoms with Gasteiger partial charge in [0, 0.05) is 0 Å². The van der Waals surface area contributed by atoms with Crippen LogP contribution in [0.2, 0.25) is 0 Å². The van der Waals surface area contributed by atoms with Crippen LogP contribution in [0.4, 0.5) is 5.95 Å². The summed E-state index contributed by atoms with van der Waals surface area (Å²) in [5, 5.41) is 0. The molecule has 0 unspecified atom stereocenters. The lowest BCUT2D eigenvalue weighted by Crippen LogP contribution is -2.08. The molecule has 0 aliphatic heterocycles. The maximum atomic E-state index is 5.60. The van der Waals surface area contributed by atoms with Crippen LogP contribution in [0.1, 0.15) is 25.3 Å². The van der Waals surface area contributed by atoms with E-state index in [1.807, 2.05) is 25.1 Å². The Morgan fingerprint density at radius 3 is 2.29 bits per heavy atom. The zero-order valence-electron chi connectivity index (χ0n) is 12.2. The van der Waals surface area contributed by atoms with Gasteiger partial charge < -0.3 is 15.2 Å². The third-order valence-corrected chi connectivity index (χ3v) is 2.73. The summed E-state index contributed by atoms with van der Waals surface area (Å²) in [6.45, 7) is 3.06. The van der Waals surface area contributed by atoms with Crippen molar-refractivity contribution in [3.05, 3.63) is 35.9 Å². The number of benzene rings is 1. The predicted octanol–water partition coefficient (Wildman–Crippen LogP) is 2.25. The highest BCUT2D eigenvalue weighted by molar-refractivity contribution is 5.20. The molecule has 0 aliphatic rings. The van der Waals surface area contributed by atoms with Gasteiger partial charge in [-0.1, -0.05) is 37.3 Å². The molecule has 0 aliphatic carbocycles. The minimum absolute atomic E-state index is 0.106. The first-order chi connectivity index (χ1) is 10.3. The molecule has 0 spiro atoms. The molecule has 2 rings (SSSR count). The second kappa shape index (κ2) is 8.04. The van der Waals surface area contributed by atoms with E-state index in [0.717, 1.165) is 19.3 Å². The Balaban J connectivity index is 1.81. The monoisotopic (exact) mass is 288 g/mol. The van der Waals surface area contributed by atoms with Crippen LogP contribution in [0.25, 0.3) is 0 Å². The number of ether oxygens (including phenoxy) is 2. The molecule has 1 aromatic carbocycles. The van der Waals surface area contributed by atoms with Gasteiger partial charge in [-0.2, -0.15) is 9.97 Å². The average Bonchev–Trinajstić information content (AvgIpc) is 2.50. The number of nitrogen functional groups attached to an aromatic ring is 1. The van der Waals surface area contributed by atoms with Crippen molar-refractivity contribution in [1.29, 1.82) is 0 Å². The van der Waals surface area contributed by atoms with Gasteiger partial charge >= 0.3 is 12.0 Å². The lowest BCUT2D eigenvalue weighted by molar-refractivity contribution is 0.260. The Morgan fingerprint density at radius 1 is 0.952 bits per heavy atom. The molecule has 0 amide bonds. The molecule has 0 saturated heterocycles. The fraction of sp³-hybridized carbons (Fsp3) is 0.400. The largest absolute Gasteiger partial charge is 0.463 e. The summed E-state index contributed by atoms with van der Waals surface area (Å²) < 4.78 is 10.8. The van der Waals surface area contributed by atoms with Gasteiger partial charge in [0.05, 0.1) is 13.2 Å². The molecule has 6 heteroatoms. The number of anilines is 1. The van der Waals surface area contributed by atoms with E-state index in [4.69, 9.17) is 15.2 Å². The minimum Gasteiger partial charge on any atom is -0.463 e. The zero-order chi connectivity index (χ0) is 14.9. The van der Waals surface area contributed by atoms with Crippen molar-refractivity contribution >= 4 is 5.95 Å². The predicted molar refractivity (Wildman–Crippen MR) is 80.3 cm³/mol. The molecule has 0 radical (unpaired) electrons. The van der Waals surface area contributed by atoms with Crippen LogP contribution in [0.3, 0.4) is 0 Å². The molecule has 0 atom stereocenters. The lowest BCUT2D eigenvalue weighted by atomic mass is 10.1. The van der Waals surface area contributed by atoms with Crippen molar-refractivity contribution in [2.45, 2.75) is 26.2 Å². The molecule has 0 fully saturated rings. The van der Waals surface area contributed by atoms with Gasteiger partial charge in [-0.25, -0.2) is 0 Å². The second-order valence-corrected chi connectivity index (χ2v) is 4.54. The van der Waals surface area contributed by atoms with Gasteiger partial charge in [0.1, 0.15) is 0 Å². The van der Waals surface area contributed by atoms with E-state index in [0.29, 0.717) is 13.2 Å². The Hall–Kier alpha value is -2.37. The van der Waals surface area contributed by atoms with E-state index < -0.39 is 0 Å². The van der Waals surface area contributed by atoms with Gasteiger partial charge in [0.2, 0.25) is 5.95 Å². The fourth-order valence-electron chi connectivity index (χ4n) is 1.76. The van der Waals surface area contributed by atoms with Gasteiger partial charge in [0.15, 0.2) is 0 Å². The van der Waals surface area contributed by atoms with Crippen LogP contribution in [-0.2, 0) is 6.42 Å². The van der Waals surface area contributed by atoms with E-state index >= 15 is 0 Å². The highest BCUT2D eigenvalue weighted by atomic mass is 16.5. The molecular weight excluding hydrogens is 268 g/mol. The molecule has 1 aromatic heterocycles. The minimum atomic E-state index is 0.106. The molecule has 0 bridgehead atoms. The van der Waals surface area contributed by atoms with Crippen LogP contribution in [0.5, 0.6) is 12.0 Å². The summed E-state index contributed by atoms with van der Waals surface area (Å²) in [6.07, 6.45) is 2.69. The third-order valence-electron chi connectivity index (χ3n) is 2.73. The van der Waals surface area contributed by atoms with Crippen molar-refractivity contribution in [2.75, 3.05) is 18.9 Å². The topological polar surface area (TPSA) is 83.2 Å². The Labute approximate surface area is 124 Å². The van der Waals surface area contributed by atoms with Crippen molar-refractivity contribution in [1.82, 2.24) is 15.0 Å². The van der Waals surface area contributed by atoms with E-state index in [1.54, 1.807) is 0 Å². The first-order valence-corrected chi connectivity index (χ1v) is 7.09. The first kappa shape index (κ1) is 15.0. The van der Waals surface area contributed by atoms with E-state index in [-0.39, 0.29) is 18.0 Å². The Bertz CT molecular complexity index is 549. The molecular formula is C15H20N4O2. The van der Waals surface area contributed by atoms with Crippen molar-refractivity contribution in [3.8, 4) is 12.0 Å². The summed E-state index contributed by atoms with van der Waals surface area (Å²) in [6, 6.07) is 10.7. The summed E-state index contributed by atoms with van der Waals surface area (Å²) in [4.78, 5) is 11.9. The second-order valence-electron chi connectivity index (χ2n) is 4.54. The molecule has 2 N–H and O–H groups in total. The van der Waals surface area contributed by atoms with Gasteiger partial charge in [-0.3, -0.25) is 0 Å². The molecule has 112 valence electrons. The smallest absolute Gasteiger partial charge is 0.324 e. The number of hydrogen-bond acceptors (Lipinski definition) is 6. The molecule has 0 saturated carbocycles. The summed E-state index contributed by atoms with van der Waals surface area (Å²) in [5.74, 6) is 0.106. The summed E-state index contributed by atoms with van der Waals surface area (Å²) >= 11 is 0. The van der Waals surface area contributed by atoms with E-state index in [1.165, 1.54) is 5.56 Å². The Kier molecular flexibility index (Phi) is 5.75. The number of hydrogen-bond donors (Lipinski definition) is 1. The average molecular weight is 288 g/mol. The zero-order valence-corrected chi connectivity index (χ0v) is 12.2. The number of nitrogens with zero attached hydrogens (tertiary/aromatic N) is 3. The van der Waals surface area contributed by atoms with Crippen LogP contribution >= 0.6 is 0 Å². The molecule has 21 heavy (non-hydrogen) atoms. The SMILES string of the molecule is CCCOc1nc(N)nc(OCCCc2ccccc2)n1. The van der Waals surface area contributed by atoms with E-state index in [2.05, 4.69) is 27.1 Å². The molecule has 1 heterocycles. The number of aromatic nitrogens is 3. The normalized spacial score (nSPS) is 10.3. The fourth-order valence-corrected chi connectivity index (χ4v) is 1.76. The van der Waals surface area contributed by atoms with Gasteiger partial charge in [-0.15, -0.1) is 4.98 Å². The summed E-state index contributed by atoms with van der Waals surface area (Å²) in [5.41, 5.74) is 6.88. The van der Waals surface area contributed by atoms with Gasteiger partial charge in [0.25, 0.3) is 0 Å². The summed E-state index contributed by atoms with van der Waals surface area (Å²) in [7, 11) is 0. The number of rotatable bonds is 8. The Morgan fingerprint density at radius 2 is 1.62 bits per heavy atom. The van der Waals surface area contributed by atoms with Gasteiger partial charge in [-0.05, 0) is 24.8 Å². The third kappa shape index (κ3) is 5.25. The number of aryl methyl sites for hydroxylation is 1. The highest BCUT2D eigenvalue weighted by Gasteiger charge is 2.06. The first-order valence-electron chi connectivity index (χ1n) is 7.09. The van der Waals surface area contributed by atoms with Crippen molar-refractivity contribution in [2.24, 2.45) is 0 Å². The maximum absolute atomic E-state index is 5.60. The van der Waals surface area contributed by atoms with Crippen molar-refractivity contribution < 1.29 is 9.47 Å². The highest BCUT2D eigenvalue weighted by Crippen LogP contribution is 2.11. The standard InChI is InChI=1S/C15H20N4O2/c1-2-10-20-14-17-13(16)18-15(19-14)21-11-6-9-12-7-4-3-5-8-12/h3-5,7-8H,2,6,9-11H2,1H3,(H2,16,17,18,19). The van der Waals surface area contributed by atoms with Crippen LogP contribution in [-0.4, -0.2) is 28.2 Å². The van der Waals surface area contributed by atoms with Crippen molar-refractivity contribution in [3.63, 3.8) is 0 Å². The lowest BCUT2D eigenvalue weighted by Gasteiger charge is -2.07. The van der Waals surface area contributed by atoms with Crippen LogP contribution in [0, 0.1) is 0 Å². The van der Waals surface area contributed by atoms with Crippen LogP contribution in [0.15, 0.2) is 30.3 Å². The van der Waals surface area contributed by atoms with E-state index in [9.17, 15) is 0 Å². The van der Waals surface area contributed by atoms with Crippen LogP contribution < -0.4 is 15.2 Å². The maximum Gasteiger partial charge on any atom is 0.324 e. The molecule has 2 aromatic rings. The quantitative estimate of drug-likeness (QED) is 0.750.